The fourth-order valence-corrected chi connectivity index (χ4v) is 4.77. The molecular formula is C16H20O5. The van der Waals surface area contributed by atoms with Crippen LogP contribution in [-0.2, 0) is 23.9 Å². The van der Waals surface area contributed by atoms with E-state index in [0.717, 1.165) is 6.42 Å². The fourth-order valence-electron chi connectivity index (χ4n) is 4.77. The minimum Gasteiger partial charge on any atom is -0.469 e. The van der Waals surface area contributed by atoms with Gasteiger partial charge in [0.2, 0.25) is 0 Å². The van der Waals surface area contributed by atoms with Crippen molar-refractivity contribution >= 4 is 17.7 Å². The topological polar surface area (TPSA) is 69.7 Å². The third kappa shape index (κ3) is 2.01. The number of Topliss-reactive ketones (excluding diaryl/α,β-unsaturated/α-hetero) is 1. The highest BCUT2D eigenvalue weighted by Gasteiger charge is 2.66. The molecule has 0 heterocycles. The van der Waals surface area contributed by atoms with Gasteiger partial charge in [-0.15, -0.1) is 0 Å². The maximum absolute atomic E-state index is 12.2. The molecule has 0 aliphatic heterocycles. The van der Waals surface area contributed by atoms with Crippen molar-refractivity contribution in [1.82, 2.24) is 0 Å². The second-order valence-corrected chi connectivity index (χ2v) is 6.52. The summed E-state index contributed by atoms with van der Waals surface area (Å²) in [7, 11) is 1.36. The van der Waals surface area contributed by atoms with Gasteiger partial charge in [0.05, 0.1) is 19.6 Å². The van der Waals surface area contributed by atoms with E-state index >= 15 is 0 Å². The van der Waals surface area contributed by atoms with Gasteiger partial charge in [0.15, 0.2) is 0 Å². The van der Waals surface area contributed by atoms with Gasteiger partial charge in [0.25, 0.3) is 0 Å². The molecule has 0 saturated heterocycles. The molecule has 5 nitrogen and oxygen atoms in total. The summed E-state index contributed by atoms with van der Waals surface area (Å²) in [5.41, 5.74) is 0.364. The largest absolute Gasteiger partial charge is 0.469 e. The molecule has 0 aromatic heterocycles. The number of hydrogen-bond acceptors (Lipinski definition) is 5. The molecule has 0 aromatic carbocycles. The highest BCUT2D eigenvalue weighted by Crippen LogP contribution is 2.64. The second-order valence-electron chi connectivity index (χ2n) is 6.52. The molecular weight excluding hydrogens is 272 g/mol. The number of esters is 2. The van der Waals surface area contributed by atoms with Crippen molar-refractivity contribution in [2.24, 2.45) is 35.5 Å². The maximum Gasteiger partial charge on any atom is 0.333 e. The highest BCUT2D eigenvalue weighted by atomic mass is 16.5. The van der Waals surface area contributed by atoms with Crippen molar-refractivity contribution in [3.05, 3.63) is 12.2 Å². The smallest absolute Gasteiger partial charge is 0.333 e. The number of hydrogen-bond donors (Lipinski definition) is 0. The minimum atomic E-state index is -0.409. The van der Waals surface area contributed by atoms with Gasteiger partial charge in [-0.3, -0.25) is 9.59 Å². The number of methoxy groups -OCH3 is 1. The van der Waals surface area contributed by atoms with E-state index in [-0.39, 0.29) is 53.9 Å². The molecule has 3 rings (SSSR count). The zero-order chi connectivity index (χ0) is 15.3. The summed E-state index contributed by atoms with van der Waals surface area (Å²) in [6.45, 7) is 5.44. The highest BCUT2D eigenvalue weighted by molar-refractivity contribution is 5.91. The number of ketones is 1. The molecule has 114 valence electrons. The Bertz CT molecular complexity index is 523. The summed E-state index contributed by atoms with van der Waals surface area (Å²) in [4.78, 5) is 35.8. The number of ether oxygens (including phenoxy) is 2. The third-order valence-corrected chi connectivity index (χ3v) is 5.54. The van der Waals surface area contributed by atoms with Gasteiger partial charge < -0.3 is 9.47 Å². The van der Waals surface area contributed by atoms with Crippen LogP contribution in [0, 0.1) is 35.5 Å². The lowest BCUT2D eigenvalue weighted by molar-refractivity contribution is -0.153. The summed E-state index contributed by atoms with van der Waals surface area (Å²) in [5, 5.41) is 0. The summed E-state index contributed by atoms with van der Waals surface area (Å²) in [6, 6.07) is 0. The normalized spacial score (nSPS) is 39.4. The van der Waals surface area contributed by atoms with Crippen molar-refractivity contribution in [2.75, 3.05) is 13.7 Å². The third-order valence-electron chi connectivity index (χ3n) is 5.54. The van der Waals surface area contributed by atoms with Crippen LogP contribution in [0.25, 0.3) is 0 Å². The number of rotatable bonds is 4. The number of carbonyl (C=O) groups is 3. The lowest BCUT2D eigenvalue weighted by Crippen LogP contribution is -2.38. The molecule has 0 spiro atoms. The standard InChI is InChI=1S/C16H20O5/c1-7(2)15(18)21-6-11-8-5-12(17)13-9(8)4-10(11)14(13)16(19)20-3/h8-11,13-14H,1,4-6H2,2-3H3. The average molecular weight is 292 g/mol. The monoisotopic (exact) mass is 292 g/mol. The zero-order valence-corrected chi connectivity index (χ0v) is 12.3. The molecule has 0 aromatic rings. The Kier molecular flexibility index (Phi) is 3.38. The van der Waals surface area contributed by atoms with Crippen LogP contribution in [0.15, 0.2) is 12.2 Å². The molecule has 3 saturated carbocycles. The first-order valence-electron chi connectivity index (χ1n) is 7.38. The predicted octanol–water partition coefficient (Wildman–Crippen LogP) is 1.37. The summed E-state index contributed by atoms with van der Waals surface area (Å²) < 4.78 is 10.2. The Labute approximate surface area is 123 Å². The van der Waals surface area contributed by atoms with Gasteiger partial charge in [-0.2, -0.15) is 0 Å². The second kappa shape index (κ2) is 4.97. The van der Waals surface area contributed by atoms with Gasteiger partial charge in [-0.1, -0.05) is 6.58 Å². The Balaban J connectivity index is 1.78. The van der Waals surface area contributed by atoms with Crippen LogP contribution in [-0.4, -0.2) is 31.4 Å². The summed E-state index contributed by atoms with van der Waals surface area (Å²) >= 11 is 0. The SMILES string of the molecule is C=C(C)C(=O)OCC1C2CC(=O)C3C2CC1C3C(=O)OC. The van der Waals surface area contributed by atoms with E-state index in [4.69, 9.17) is 9.47 Å². The van der Waals surface area contributed by atoms with Crippen LogP contribution in [0.3, 0.4) is 0 Å². The minimum absolute atomic E-state index is 0.0881. The predicted molar refractivity (Wildman–Crippen MR) is 73.0 cm³/mol. The van der Waals surface area contributed by atoms with Crippen LogP contribution in [0.5, 0.6) is 0 Å². The summed E-state index contributed by atoms with van der Waals surface area (Å²) in [6.07, 6.45) is 1.38. The van der Waals surface area contributed by atoms with E-state index in [2.05, 4.69) is 6.58 Å². The number of carbonyl (C=O) groups excluding carboxylic acids is 3. The molecule has 6 atom stereocenters. The van der Waals surface area contributed by atoms with Crippen LogP contribution >= 0.6 is 0 Å². The molecule has 21 heavy (non-hydrogen) atoms. The van der Waals surface area contributed by atoms with Crippen molar-refractivity contribution in [3.8, 4) is 0 Å². The van der Waals surface area contributed by atoms with Crippen molar-refractivity contribution in [1.29, 1.82) is 0 Å². The van der Waals surface area contributed by atoms with E-state index in [1.165, 1.54) is 7.11 Å². The van der Waals surface area contributed by atoms with E-state index in [1.54, 1.807) is 6.92 Å². The molecule has 3 aliphatic carbocycles. The summed E-state index contributed by atoms with van der Waals surface area (Å²) in [5.74, 6) is -0.332. The van der Waals surface area contributed by atoms with Gasteiger partial charge >= 0.3 is 11.9 Å². The first kappa shape index (κ1) is 14.3. The molecule has 0 amide bonds. The lowest BCUT2D eigenvalue weighted by Gasteiger charge is -2.32. The Morgan fingerprint density at radius 2 is 2.00 bits per heavy atom. The molecule has 6 unspecified atom stereocenters. The van der Waals surface area contributed by atoms with Crippen LogP contribution in [0.1, 0.15) is 19.8 Å². The van der Waals surface area contributed by atoms with E-state index in [0.29, 0.717) is 12.0 Å². The Hall–Kier alpha value is -1.65. The first-order chi connectivity index (χ1) is 9.95. The molecule has 0 radical (unpaired) electrons. The molecule has 0 N–H and O–H groups in total. The van der Waals surface area contributed by atoms with Gasteiger partial charge in [0, 0.05) is 23.8 Å². The number of fused-ring (bicyclic) bond motifs is 1. The maximum atomic E-state index is 12.2. The first-order valence-corrected chi connectivity index (χ1v) is 7.38. The molecule has 3 aliphatic rings. The fraction of sp³-hybridized carbons (Fsp3) is 0.688. The van der Waals surface area contributed by atoms with E-state index < -0.39 is 5.97 Å². The van der Waals surface area contributed by atoms with Gasteiger partial charge in [-0.05, 0) is 31.1 Å². The Morgan fingerprint density at radius 1 is 1.29 bits per heavy atom. The van der Waals surface area contributed by atoms with Gasteiger partial charge in [-0.25, -0.2) is 4.79 Å². The van der Waals surface area contributed by atoms with Crippen LogP contribution < -0.4 is 0 Å². The zero-order valence-electron chi connectivity index (χ0n) is 12.3. The molecule has 2 bridgehead atoms. The van der Waals surface area contributed by atoms with Crippen molar-refractivity contribution in [3.63, 3.8) is 0 Å². The van der Waals surface area contributed by atoms with Crippen molar-refractivity contribution in [2.45, 2.75) is 19.8 Å². The van der Waals surface area contributed by atoms with Gasteiger partial charge in [0.1, 0.15) is 5.78 Å². The lowest BCUT2D eigenvalue weighted by atomic mass is 9.73. The van der Waals surface area contributed by atoms with Crippen LogP contribution in [0.2, 0.25) is 0 Å². The van der Waals surface area contributed by atoms with E-state index in [9.17, 15) is 14.4 Å². The van der Waals surface area contributed by atoms with E-state index in [1.807, 2.05) is 0 Å². The average Bonchev–Trinajstić information content (AvgIpc) is 3.05. The molecule has 3 fully saturated rings. The van der Waals surface area contributed by atoms with Crippen LogP contribution in [0.4, 0.5) is 0 Å². The quantitative estimate of drug-likeness (QED) is 0.578. The molecule has 5 heteroatoms. The Morgan fingerprint density at radius 3 is 2.62 bits per heavy atom. The van der Waals surface area contributed by atoms with Crippen molar-refractivity contribution < 1.29 is 23.9 Å².